The Hall–Kier alpha value is -0.960. The van der Waals surface area contributed by atoms with Crippen LogP contribution in [0, 0.1) is 28.6 Å². The number of ketones is 2. The zero-order chi connectivity index (χ0) is 15.8. The van der Waals surface area contributed by atoms with Crippen LogP contribution in [0.3, 0.4) is 0 Å². The molecule has 3 nitrogen and oxygen atoms in total. The average molecular weight is 314 g/mol. The molecule has 0 N–H and O–H groups in total. The van der Waals surface area contributed by atoms with Gasteiger partial charge in [-0.2, -0.15) is 0 Å². The van der Waals surface area contributed by atoms with Crippen molar-refractivity contribution in [3.8, 4) is 0 Å². The third kappa shape index (κ3) is 1.70. The first-order chi connectivity index (χ1) is 11.0. The highest BCUT2D eigenvalue weighted by Crippen LogP contribution is 2.66. The number of hydrogen-bond acceptors (Lipinski definition) is 3. The first-order valence-corrected chi connectivity index (χ1v) is 9.44. The highest BCUT2D eigenvalue weighted by Gasteiger charge is 2.61. The topological polar surface area (TPSA) is 43.4 Å². The van der Waals surface area contributed by atoms with E-state index in [9.17, 15) is 9.59 Å². The van der Waals surface area contributed by atoms with Crippen LogP contribution in [0.4, 0.5) is 0 Å². The van der Waals surface area contributed by atoms with Crippen molar-refractivity contribution in [1.82, 2.24) is 0 Å². The van der Waals surface area contributed by atoms with E-state index in [1.807, 2.05) is 6.08 Å². The van der Waals surface area contributed by atoms with E-state index < -0.39 is 0 Å². The summed E-state index contributed by atoms with van der Waals surface area (Å²) in [5.74, 6) is 2.66. The zero-order valence-electron chi connectivity index (χ0n) is 14.0. The Morgan fingerprint density at radius 1 is 1.09 bits per heavy atom. The van der Waals surface area contributed by atoms with Gasteiger partial charge < -0.3 is 4.74 Å². The second-order valence-corrected chi connectivity index (χ2v) is 8.88. The molecule has 4 aliphatic carbocycles. The van der Waals surface area contributed by atoms with Crippen molar-refractivity contribution in [3.05, 3.63) is 11.6 Å². The van der Waals surface area contributed by atoms with Gasteiger partial charge in [-0.05, 0) is 74.2 Å². The Labute approximate surface area is 137 Å². The maximum Gasteiger partial charge on any atom is 0.184 e. The summed E-state index contributed by atoms with van der Waals surface area (Å²) in [5, 5.41) is 0. The van der Waals surface area contributed by atoms with Gasteiger partial charge in [0.15, 0.2) is 5.78 Å². The molecule has 1 unspecified atom stereocenters. The van der Waals surface area contributed by atoms with Crippen molar-refractivity contribution in [2.75, 3.05) is 6.61 Å². The molecule has 1 heterocycles. The van der Waals surface area contributed by atoms with Crippen LogP contribution >= 0.6 is 0 Å². The Kier molecular flexibility index (Phi) is 2.85. The minimum absolute atomic E-state index is 0.0475. The summed E-state index contributed by atoms with van der Waals surface area (Å²) in [6.45, 7) is 2.97. The summed E-state index contributed by atoms with van der Waals surface area (Å²) >= 11 is 0. The summed E-state index contributed by atoms with van der Waals surface area (Å²) in [5.41, 5.74) is 1.59. The van der Waals surface area contributed by atoms with Crippen molar-refractivity contribution in [1.29, 1.82) is 0 Å². The van der Waals surface area contributed by atoms with E-state index in [0.29, 0.717) is 23.5 Å². The standard InChI is InChI=1S/C20H26O3/c1-19-7-6-15-13(14(19)4-5-18(19)22)3-2-12-10-16(21)17-11-20(12,15)8-9-23-17/h10,13-15,17H,2-9,11H2,1H3/t13-,14-,15-,17?,19-,20-/m0/s1. The smallest absolute Gasteiger partial charge is 0.184 e. The Morgan fingerprint density at radius 3 is 2.83 bits per heavy atom. The van der Waals surface area contributed by atoms with E-state index in [4.69, 9.17) is 4.74 Å². The molecular weight excluding hydrogens is 288 g/mol. The maximum atomic E-state index is 12.5. The maximum absolute atomic E-state index is 12.5. The number of carbonyl (C=O) groups excluding carboxylic acids is 2. The average Bonchev–Trinajstić information content (AvgIpc) is 2.85. The van der Waals surface area contributed by atoms with Crippen LogP contribution in [-0.4, -0.2) is 24.3 Å². The zero-order valence-corrected chi connectivity index (χ0v) is 14.0. The summed E-state index contributed by atoms with van der Waals surface area (Å²) in [6, 6.07) is 0. The van der Waals surface area contributed by atoms with Gasteiger partial charge >= 0.3 is 0 Å². The van der Waals surface area contributed by atoms with E-state index >= 15 is 0 Å². The molecule has 1 aliphatic heterocycles. The van der Waals surface area contributed by atoms with E-state index in [0.717, 1.165) is 45.1 Å². The lowest BCUT2D eigenvalue weighted by atomic mass is 9.45. The summed E-state index contributed by atoms with van der Waals surface area (Å²) < 4.78 is 5.76. The molecular formula is C20H26O3. The van der Waals surface area contributed by atoms with Crippen LogP contribution in [-0.2, 0) is 14.3 Å². The molecule has 0 radical (unpaired) electrons. The largest absolute Gasteiger partial charge is 0.370 e. The molecule has 1 spiro atoms. The minimum atomic E-state index is -0.190. The molecule has 1 saturated heterocycles. The summed E-state index contributed by atoms with van der Waals surface area (Å²) in [4.78, 5) is 24.7. The lowest BCUT2D eigenvalue weighted by molar-refractivity contribution is -0.149. The molecule has 4 fully saturated rings. The molecule has 124 valence electrons. The van der Waals surface area contributed by atoms with E-state index in [-0.39, 0.29) is 22.7 Å². The van der Waals surface area contributed by atoms with Crippen molar-refractivity contribution in [2.24, 2.45) is 28.6 Å². The summed E-state index contributed by atoms with van der Waals surface area (Å²) in [7, 11) is 0. The van der Waals surface area contributed by atoms with Gasteiger partial charge in [-0.1, -0.05) is 12.5 Å². The van der Waals surface area contributed by atoms with Crippen molar-refractivity contribution < 1.29 is 14.3 Å². The van der Waals surface area contributed by atoms with Gasteiger partial charge in [-0.3, -0.25) is 9.59 Å². The lowest BCUT2D eigenvalue weighted by Crippen LogP contribution is -2.56. The number of carbonyl (C=O) groups is 2. The molecule has 0 amide bonds. The minimum Gasteiger partial charge on any atom is -0.370 e. The normalized spacial score (nSPS) is 51.6. The number of ether oxygens (including phenoxy) is 1. The lowest BCUT2D eigenvalue weighted by Gasteiger charge is -2.60. The van der Waals surface area contributed by atoms with Crippen molar-refractivity contribution in [2.45, 2.75) is 64.4 Å². The molecule has 0 aromatic rings. The van der Waals surface area contributed by atoms with Crippen LogP contribution in [0.1, 0.15) is 58.3 Å². The van der Waals surface area contributed by atoms with Crippen molar-refractivity contribution in [3.63, 3.8) is 0 Å². The van der Waals surface area contributed by atoms with Gasteiger partial charge in [0.25, 0.3) is 0 Å². The molecule has 5 rings (SSSR count). The fraction of sp³-hybridized carbons (Fsp3) is 0.800. The van der Waals surface area contributed by atoms with Crippen LogP contribution in [0.15, 0.2) is 11.6 Å². The van der Waals surface area contributed by atoms with Gasteiger partial charge in [0.05, 0.1) is 0 Å². The predicted molar refractivity (Wildman–Crippen MR) is 85.8 cm³/mol. The van der Waals surface area contributed by atoms with E-state index in [2.05, 4.69) is 6.92 Å². The second-order valence-electron chi connectivity index (χ2n) is 8.88. The van der Waals surface area contributed by atoms with Gasteiger partial charge in [0, 0.05) is 18.4 Å². The Morgan fingerprint density at radius 2 is 1.96 bits per heavy atom. The number of rotatable bonds is 0. The van der Waals surface area contributed by atoms with E-state index in [1.54, 1.807) is 0 Å². The number of allylic oxidation sites excluding steroid dienone is 1. The fourth-order valence-corrected chi connectivity index (χ4v) is 7.12. The fourth-order valence-electron chi connectivity index (χ4n) is 7.12. The monoisotopic (exact) mass is 314 g/mol. The van der Waals surface area contributed by atoms with Crippen molar-refractivity contribution >= 4 is 11.6 Å². The molecule has 0 aromatic heterocycles. The third-order valence-corrected chi connectivity index (χ3v) is 8.29. The number of Topliss-reactive ketones (excluding diaryl/α,β-unsaturated/α-hetero) is 1. The molecule has 5 aliphatic rings. The first-order valence-electron chi connectivity index (χ1n) is 9.44. The Balaban J connectivity index is 1.56. The molecule has 3 heteroatoms. The first kappa shape index (κ1) is 14.4. The highest BCUT2D eigenvalue weighted by atomic mass is 16.5. The van der Waals surface area contributed by atoms with Crippen LogP contribution in [0.25, 0.3) is 0 Å². The van der Waals surface area contributed by atoms with E-state index in [1.165, 1.54) is 18.4 Å². The van der Waals surface area contributed by atoms with Gasteiger partial charge in [-0.15, -0.1) is 0 Å². The predicted octanol–water partition coefficient (Wildman–Crippen LogP) is 3.47. The van der Waals surface area contributed by atoms with Gasteiger partial charge in [0.1, 0.15) is 11.9 Å². The number of fused-ring (bicyclic) bond motifs is 4. The number of hydrogen-bond donors (Lipinski definition) is 0. The molecule has 2 bridgehead atoms. The molecule has 23 heavy (non-hydrogen) atoms. The van der Waals surface area contributed by atoms with Gasteiger partial charge in [0.2, 0.25) is 0 Å². The molecule has 0 aromatic carbocycles. The Bertz CT molecular complexity index is 620. The quantitative estimate of drug-likeness (QED) is 0.687. The van der Waals surface area contributed by atoms with Crippen LogP contribution in [0.2, 0.25) is 0 Å². The van der Waals surface area contributed by atoms with Gasteiger partial charge in [-0.25, -0.2) is 0 Å². The summed E-state index contributed by atoms with van der Waals surface area (Å²) in [6.07, 6.45) is 10.1. The molecule has 3 saturated carbocycles. The second kappa shape index (κ2) is 4.56. The van der Waals surface area contributed by atoms with Crippen LogP contribution in [0.5, 0.6) is 0 Å². The van der Waals surface area contributed by atoms with Crippen LogP contribution < -0.4 is 0 Å². The third-order valence-electron chi connectivity index (χ3n) is 8.29. The molecule has 6 atom stereocenters. The highest BCUT2D eigenvalue weighted by molar-refractivity contribution is 5.95. The SMILES string of the molecule is C[C@]12CC[C@H]3[C@@H](CCC4=CC(=O)C5C[C@@]43CCO5)[C@@H]1CCC2=O.